The van der Waals surface area contributed by atoms with E-state index in [1.165, 1.54) is 12.5 Å². The molecule has 1 aromatic heterocycles. The molecule has 5 heteroatoms. The molecule has 0 aliphatic heterocycles. The number of benzene rings is 2. The second-order valence-corrected chi connectivity index (χ2v) is 6.70. The largest absolute Gasteiger partial charge is 0.459 e. The maximum absolute atomic E-state index is 11.0. The standard InChI is InChI=1S/C20H19BrN2O2/c1-13-11-15(3-9-19(13)21)20-10-8-18(25-20)12-22-16-4-6-17(7-5-16)23-14(2)24/h3-11,22H,12H2,1-2H3,(H,23,24). The molecule has 0 unspecified atom stereocenters. The quantitative estimate of drug-likeness (QED) is 0.588. The predicted octanol–water partition coefficient (Wildman–Crippen LogP) is 5.59. The number of hydrogen-bond donors (Lipinski definition) is 2. The van der Waals surface area contributed by atoms with Gasteiger partial charge in [0.1, 0.15) is 11.5 Å². The van der Waals surface area contributed by atoms with E-state index in [2.05, 4.69) is 39.6 Å². The molecule has 0 radical (unpaired) electrons. The van der Waals surface area contributed by atoms with Gasteiger partial charge >= 0.3 is 0 Å². The highest BCUT2D eigenvalue weighted by atomic mass is 79.9. The third-order valence-electron chi connectivity index (χ3n) is 3.78. The van der Waals surface area contributed by atoms with Gasteiger partial charge in [0, 0.05) is 28.3 Å². The Labute approximate surface area is 155 Å². The first-order valence-corrected chi connectivity index (χ1v) is 8.77. The number of hydrogen-bond acceptors (Lipinski definition) is 3. The molecule has 3 rings (SSSR count). The van der Waals surface area contributed by atoms with Gasteiger partial charge in [-0.25, -0.2) is 0 Å². The number of amides is 1. The molecule has 2 N–H and O–H groups in total. The van der Waals surface area contributed by atoms with Crippen LogP contribution in [-0.4, -0.2) is 5.91 Å². The molecule has 0 aliphatic carbocycles. The van der Waals surface area contributed by atoms with Crippen molar-refractivity contribution in [1.29, 1.82) is 0 Å². The molecule has 1 amide bonds. The number of nitrogens with one attached hydrogen (secondary N) is 2. The first-order valence-electron chi connectivity index (χ1n) is 7.98. The Morgan fingerprint density at radius 3 is 2.44 bits per heavy atom. The van der Waals surface area contributed by atoms with E-state index in [-0.39, 0.29) is 5.91 Å². The average molecular weight is 399 g/mol. The lowest BCUT2D eigenvalue weighted by Gasteiger charge is -2.06. The van der Waals surface area contributed by atoms with Gasteiger partial charge in [-0.1, -0.05) is 22.0 Å². The minimum atomic E-state index is -0.0768. The minimum Gasteiger partial charge on any atom is -0.459 e. The predicted molar refractivity (Wildman–Crippen MR) is 105 cm³/mol. The summed E-state index contributed by atoms with van der Waals surface area (Å²) in [6, 6.07) is 17.7. The Hall–Kier alpha value is -2.53. The van der Waals surface area contributed by atoms with Crippen LogP contribution in [0.15, 0.2) is 63.5 Å². The maximum Gasteiger partial charge on any atom is 0.221 e. The van der Waals surface area contributed by atoms with E-state index < -0.39 is 0 Å². The number of halogens is 1. The fourth-order valence-corrected chi connectivity index (χ4v) is 2.74. The summed E-state index contributed by atoms with van der Waals surface area (Å²) in [5.41, 5.74) is 3.98. The van der Waals surface area contributed by atoms with Crippen molar-refractivity contribution >= 4 is 33.2 Å². The highest BCUT2D eigenvalue weighted by Gasteiger charge is 2.06. The number of anilines is 2. The highest BCUT2D eigenvalue weighted by Crippen LogP contribution is 2.27. The second kappa shape index (κ2) is 7.57. The summed E-state index contributed by atoms with van der Waals surface area (Å²) in [6.07, 6.45) is 0. The van der Waals surface area contributed by atoms with E-state index in [4.69, 9.17) is 4.42 Å². The van der Waals surface area contributed by atoms with E-state index >= 15 is 0 Å². The molecule has 0 aliphatic rings. The summed E-state index contributed by atoms with van der Waals surface area (Å²) in [6.45, 7) is 4.15. The van der Waals surface area contributed by atoms with Gasteiger partial charge in [0.2, 0.25) is 5.91 Å². The Balaban J connectivity index is 1.63. The first-order chi connectivity index (χ1) is 12.0. The summed E-state index contributed by atoms with van der Waals surface area (Å²) in [5.74, 6) is 1.64. The monoisotopic (exact) mass is 398 g/mol. The zero-order chi connectivity index (χ0) is 17.8. The van der Waals surface area contributed by atoms with Crippen LogP contribution in [0.4, 0.5) is 11.4 Å². The fourth-order valence-electron chi connectivity index (χ4n) is 2.49. The first kappa shape index (κ1) is 17.3. The van der Waals surface area contributed by atoms with Gasteiger partial charge in [-0.05, 0) is 61.0 Å². The van der Waals surface area contributed by atoms with Crippen molar-refractivity contribution in [3.05, 3.63) is 70.4 Å². The number of rotatable bonds is 5. The maximum atomic E-state index is 11.0. The van der Waals surface area contributed by atoms with Crippen LogP contribution < -0.4 is 10.6 Å². The molecule has 4 nitrogen and oxygen atoms in total. The minimum absolute atomic E-state index is 0.0768. The van der Waals surface area contributed by atoms with Crippen LogP contribution >= 0.6 is 15.9 Å². The lowest BCUT2D eigenvalue weighted by molar-refractivity contribution is -0.114. The van der Waals surface area contributed by atoms with Gasteiger partial charge in [0.15, 0.2) is 0 Å². The number of aryl methyl sites for hydroxylation is 1. The van der Waals surface area contributed by atoms with E-state index in [0.29, 0.717) is 6.54 Å². The Morgan fingerprint density at radius 2 is 1.76 bits per heavy atom. The third-order valence-corrected chi connectivity index (χ3v) is 4.67. The van der Waals surface area contributed by atoms with Crippen LogP contribution in [0, 0.1) is 6.92 Å². The number of furan rings is 1. The van der Waals surface area contributed by atoms with Crippen LogP contribution in [0.3, 0.4) is 0 Å². The zero-order valence-electron chi connectivity index (χ0n) is 14.1. The van der Waals surface area contributed by atoms with Crippen LogP contribution in [-0.2, 0) is 11.3 Å². The topological polar surface area (TPSA) is 54.3 Å². The second-order valence-electron chi connectivity index (χ2n) is 5.84. The van der Waals surface area contributed by atoms with E-state index in [9.17, 15) is 4.79 Å². The average Bonchev–Trinajstić information content (AvgIpc) is 3.05. The fraction of sp³-hybridized carbons (Fsp3) is 0.150. The normalized spacial score (nSPS) is 10.5. The Bertz CT molecular complexity index is 885. The molecule has 128 valence electrons. The van der Waals surface area contributed by atoms with Gasteiger partial charge in [0.05, 0.1) is 6.54 Å². The Kier molecular flexibility index (Phi) is 5.24. The summed E-state index contributed by atoms with van der Waals surface area (Å²) < 4.78 is 7.02. The van der Waals surface area contributed by atoms with Gasteiger partial charge in [-0.3, -0.25) is 4.79 Å². The van der Waals surface area contributed by atoms with Gasteiger partial charge in [0.25, 0.3) is 0 Å². The molecule has 25 heavy (non-hydrogen) atoms. The summed E-state index contributed by atoms with van der Waals surface area (Å²) in [4.78, 5) is 11.0. The van der Waals surface area contributed by atoms with Crippen molar-refractivity contribution in [2.75, 3.05) is 10.6 Å². The smallest absolute Gasteiger partial charge is 0.221 e. The van der Waals surface area contributed by atoms with Gasteiger partial charge < -0.3 is 15.1 Å². The van der Waals surface area contributed by atoms with E-state index in [1.807, 2.05) is 48.5 Å². The SMILES string of the molecule is CC(=O)Nc1ccc(NCc2ccc(-c3ccc(Br)c(C)c3)o2)cc1. The molecule has 3 aromatic rings. The molecular weight excluding hydrogens is 380 g/mol. The molecule has 0 saturated heterocycles. The van der Waals surface area contributed by atoms with E-state index in [0.717, 1.165) is 32.9 Å². The van der Waals surface area contributed by atoms with Crippen molar-refractivity contribution in [3.63, 3.8) is 0 Å². The van der Waals surface area contributed by atoms with Crippen LogP contribution in [0.25, 0.3) is 11.3 Å². The lowest BCUT2D eigenvalue weighted by Crippen LogP contribution is -2.05. The molecule has 0 fully saturated rings. The van der Waals surface area contributed by atoms with Gasteiger partial charge in [-0.2, -0.15) is 0 Å². The molecule has 0 bridgehead atoms. The number of carbonyl (C=O) groups excluding carboxylic acids is 1. The molecular formula is C20H19BrN2O2. The van der Waals surface area contributed by atoms with E-state index in [1.54, 1.807) is 0 Å². The van der Waals surface area contributed by atoms with Crippen molar-refractivity contribution in [2.24, 2.45) is 0 Å². The highest BCUT2D eigenvalue weighted by molar-refractivity contribution is 9.10. The summed E-state index contributed by atoms with van der Waals surface area (Å²) >= 11 is 3.51. The van der Waals surface area contributed by atoms with Crippen LogP contribution in [0.1, 0.15) is 18.2 Å². The molecule has 0 spiro atoms. The number of carbonyl (C=O) groups is 1. The molecule has 2 aromatic carbocycles. The zero-order valence-corrected chi connectivity index (χ0v) is 15.7. The van der Waals surface area contributed by atoms with Crippen LogP contribution in [0.5, 0.6) is 0 Å². The van der Waals surface area contributed by atoms with Crippen molar-refractivity contribution in [2.45, 2.75) is 20.4 Å². The molecule has 1 heterocycles. The van der Waals surface area contributed by atoms with Crippen molar-refractivity contribution in [3.8, 4) is 11.3 Å². The molecule has 0 atom stereocenters. The lowest BCUT2D eigenvalue weighted by atomic mass is 10.1. The Morgan fingerprint density at radius 1 is 1.04 bits per heavy atom. The van der Waals surface area contributed by atoms with Crippen molar-refractivity contribution < 1.29 is 9.21 Å². The summed E-state index contributed by atoms with van der Waals surface area (Å²) in [7, 11) is 0. The third kappa shape index (κ3) is 4.51. The van der Waals surface area contributed by atoms with Crippen LogP contribution in [0.2, 0.25) is 0 Å². The van der Waals surface area contributed by atoms with Crippen molar-refractivity contribution in [1.82, 2.24) is 0 Å². The van der Waals surface area contributed by atoms with Gasteiger partial charge in [-0.15, -0.1) is 0 Å². The molecule has 0 saturated carbocycles. The summed E-state index contributed by atoms with van der Waals surface area (Å²) in [5, 5.41) is 6.06.